The van der Waals surface area contributed by atoms with E-state index in [1.807, 2.05) is 5.51 Å². The fourth-order valence-electron chi connectivity index (χ4n) is 2.00. The average Bonchev–Trinajstić information content (AvgIpc) is 2.58. The van der Waals surface area contributed by atoms with Crippen LogP contribution in [0.4, 0.5) is 0 Å². The van der Waals surface area contributed by atoms with Crippen LogP contribution >= 0.6 is 11.3 Å². The zero-order valence-corrected chi connectivity index (χ0v) is 8.27. The number of nitrogens with one attached hydrogen (secondary N) is 1. The van der Waals surface area contributed by atoms with E-state index in [1.54, 1.807) is 11.3 Å². The summed E-state index contributed by atoms with van der Waals surface area (Å²) in [5.41, 5.74) is 3.19. The molecule has 3 heteroatoms. The monoisotopic (exact) mass is 182 g/mol. The molecule has 1 N–H and O–H groups in total. The summed E-state index contributed by atoms with van der Waals surface area (Å²) in [5, 5.41) is 5.69. The quantitative estimate of drug-likeness (QED) is 0.718. The predicted molar refractivity (Wildman–Crippen MR) is 51.5 cm³/mol. The lowest BCUT2D eigenvalue weighted by Crippen LogP contribution is -2.26. The van der Waals surface area contributed by atoms with Crippen LogP contribution in [0, 0.1) is 0 Å². The normalized spacial score (nSPS) is 35.7. The Bertz CT molecular complexity index is 245. The molecule has 0 saturated carbocycles. The summed E-state index contributed by atoms with van der Waals surface area (Å²) in [7, 11) is 0. The van der Waals surface area contributed by atoms with Gasteiger partial charge in [-0.05, 0) is 20.3 Å². The number of aromatic nitrogens is 1. The Morgan fingerprint density at radius 3 is 2.92 bits per heavy atom. The molecule has 1 fully saturated rings. The van der Waals surface area contributed by atoms with Gasteiger partial charge in [-0.15, -0.1) is 11.3 Å². The van der Waals surface area contributed by atoms with E-state index in [9.17, 15) is 0 Å². The molecule has 1 aromatic rings. The maximum absolute atomic E-state index is 4.36. The second kappa shape index (κ2) is 3.15. The minimum absolute atomic E-state index is 0.585. The second-order valence-electron chi connectivity index (χ2n) is 3.61. The zero-order chi connectivity index (χ0) is 8.55. The topological polar surface area (TPSA) is 24.9 Å². The van der Waals surface area contributed by atoms with Crippen molar-refractivity contribution in [2.75, 3.05) is 0 Å². The minimum Gasteiger partial charge on any atom is -0.311 e. The number of nitrogens with zero attached hydrogens (tertiary/aromatic N) is 1. The van der Waals surface area contributed by atoms with Crippen LogP contribution in [-0.4, -0.2) is 17.1 Å². The molecule has 0 aliphatic carbocycles. The van der Waals surface area contributed by atoms with Gasteiger partial charge < -0.3 is 5.32 Å². The molecule has 0 amide bonds. The van der Waals surface area contributed by atoms with Gasteiger partial charge >= 0.3 is 0 Å². The molecule has 0 radical (unpaired) electrons. The Balaban J connectivity index is 2.15. The highest BCUT2D eigenvalue weighted by atomic mass is 32.1. The van der Waals surface area contributed by atoms with Gasteiger partial charge in [0.1, 0.15) is 0 Å². The van der Waals surface area contributed by atoms with Crippen molar-refractivity contribution in [2.45, 2.75) is 38.3 Å². The Labute approximate surface area is 77.0 Å². The molecule has 1 aliphatic heterocycles. The maximum Gasteiger partial charge on any atom is 0.0794 e. The third-order valence-electron chi connectivity index (χ3n) is 2.59. The van der Waals surface area contributed by atoms with Crippen LogP contribution in [0.5, 0.6) is 0 Å². The number of hydrogen-bond donors (Lipinski definition) is 1. The minimum atomic E-state index is 0.585. The van der Waals surface area contributed by atoms with E-state index < -0.39 is 0 Å². The van der Waals surface area contributed by atoms with Gasteiger partial charge in [0.05, 0.1) is 11.2 Å². The van der Waals surface area contributed by atoms with Crippen LogP contribution < -0.4 is 5.32 Å². The summed E-state index contributed by atoms with van der Waals surface area (Å²) in [6.07, 6.45) is 1.23. The molecule has 1 aliphatic rings. The molecule has 1 saturated heterocycles. The molecule has 2 heterocycles. The van der Waals surface area contributed by atoms with Gasteiger partial charge in [-0.3, -0.25) is 0 Å². The standard InChI is InChI=1S/C9H14N2S/c1-6-3-8(7(2)11-6)9-4-12-5-10-9/h4-8,11H,3H2,1-2H3. The molecule has 2 rings (SSSR count). The van der Waals surface area contributed by atoms with E-state index in [2.05, 4.69) is 29.5 Å². The maximum atomic E-state index is 4.36. The largest absolute Gasteiger partial charge is 0.311 e. The van der Waals surface area contributed by atoms with Crippen LogP contribution in [0.2, 0.25) is 0 Å². The van der Waals surface area contributed by atoms with Gasteiger partial charge in [-0.25, -0.2) is 4.98 Å². The Kier molecular flexibility index (Phi) is 2.15. The van der Waals surface area contributed by atoms with Crippen molar-refractivity contribution in [3.8, 4) is 0 Å². The molecule has 3 atom stereocenters. The van der Waals surface area contributed by atoms with Crippen molar-refractivity contribution >= 4 is 11.3 Å². The lowest BCUT2D eigenvalue weighted by atomic mass is 9.98. The van der Waals surface area contributed by atoms with Gasteiger partial charge in [0.25, 0.3) is 0 Å². The Morgan fingerprint density at radius 2 is 2.42 bits per heavy atom. The molecule has 12 heavy (non-hydrogen) atoms. The molecule has 66 valence electrons. The third kappa shape index (κ3) is 1.39. The van der Waals surface area contributed by atoms with E-state index in [4.69, 9.17) is 0 Å². The molecular formula is C9H14N2S. The molecular weight excluding hydrogens is 168 g/mol. The molecule has 0 bridgehead atoms. The van der Waals surface area contributed by atoms with E-state index >= 15 is 0 Å². The van der Waals surface area contributed by atoms with Gasteiger partial charge in [0, 0.05) is 23.4 Å². The second-order valence-corrected chi connectivity index (χ2v) is 4.33. The molecule has 2 nitrogen and oxygen atoms in total. The SMILES string of the molecule is CC1CC(c2cscn2)C(C)N1. The molecule has 0 spiro atoms. The summed E-state index contributed by atoms with van der Waals surface area (Å²) in [5.74, 6) is 0.631. The van der Waals surface area contributed by atoms with Crippen LogP contribution in [0.25, 0.3) is 0 Å². The summed E-state index contributed by atoms with van der Waals surface area (Å²) in [6, 6.07) is 1.23. The lowest BCUT2D eigenvalue weighted by molar-refractivity contribution is 0.570. The fourth-order valence-corrected chi connectivity index (χ4v) is 2.62. The third-order valence-corrected chi connectivity index (χ3v) is 3.19. The number of rotatable bonds is 1. The molecule has 0 aromatic carbocycles. The first kappa shape index (κ1) is 8.20. The van der Waals surface area contributed by atoms with Crippen molar-refractivity contribution in [1.82, 2.24) is 10.3 Å². The van der Waals surface area contributed by atoms with Gasteiger partial charge in [-0.1, -0.05) is 0 Å². The summed E-state index contributed by atoms with van der Waals surface area (Å²) in [4.78, 5) is 4.36. The smallest absolute Gasteiger partial charge is 0.0794 e. The van der Waals surface area contributed by atoms with Crippen molar-refractivity contribution < 1.29 is 0 Å². The number of hydrogen-bond acceptors (Lipinski definition) is 3. The first-order valence-corrected chi connectivity index (χ1v) is 5.36. The lowest BCUT2D eigenvalue weighted by Gasteiger charge is -2.11. The first-order chi connectivity index (χ1) is 5.77. The van der Waals surface area contributed by atoms with E-state index in [-0.39, 0.29) is 0 Å². The van der Waals surface area contributed by atoms with Gasteiger partial charge in [-0.2, -0.15) is 0 Å². The van der Waals surface area contributed by atoms with Crippen LogP contribution in [0.3, 0.4) is 0 Å². The highest BCUT2D eigenvalue weighted by molar-refractivity contribution is 7.07. The predicted octanol–water partition coefficient (Wildman–Crippen LogP) is 2.00. The van der Waals surface area contributed by atoms with E-state index in [0.29, 0.717) is 18.0 Å². The molecule has 3 unspecified atom stereocenters. The fraction of sp³-hybridized carbons (Fsp3) is 0.667. The first-order valence-electron chi connectivity index (χ1n) is 4.41. The van der Waals surface area contributed by atoms with Crippen molar-refractivity contribution in [2.24, 2.45) is 0 Å². The van der Waals surface area contributed by atoms with Crippen LogP contribution in [-0.2, 0) is 0 Å². The van der Waals surface area contributed by atoms with Crippen molar-refractivity contribution in [3.63, 3.8) is 0 Å². The number of thiazole rings is 1. The van der Waals surface area contributed by atoms with E-state index in [0.717, 1.165) is 0 Å². The Hall–Kier alpha value is -0.410. The Morgan fingerprint density at radius 1 is 1.58 bits per heavy atom. The van der Waals surface area contributed by atoms with Gasteiger partial charge in [0.2, 0.25) is 0 Å². The van der Waals surface area contributed by atoms with Gasteiger partial charge in [0.15, 0.2) is 0 Å². The van der Waals surface area contributed by atoms with Crippen molar-refractivity contribution in [1.29, 1.82) is 0 Å². The van der Waals surface area contributed by atoms with E-state index in [1.165, 1.54) is 12.1 Å². The highest BCUT2D eigenvalue weighted by Gasteiger charge is 2.30. The van der Waals surface area contributed by atoms with Crippen LogP contribution in [0.1, 0.15) is 31.9 Å². The summed E-state index contributed by atoms with van der Waals surface area (Å²) in [6.45, 7) is 4.48. The van der Waals surface area contributed by atoms with Crippen LogP contribution in [0.15, 0.2) is 10.9 Å². The average molecular weight is 182 g/mol. The van der Waals surface area contributed by atoms with Crippen molar-refractivity contribution in [3.05, 3.63) is 16.6 Å². The zero-order valence-electron chi connectivity index (χ0n) is 7.45. The summed E-state index contributed by atoms with van der Waals surface area (Å²) < 4.78 is 0. The summed E-state index contributed by atoms with van der Waals surface area (Å²) >= 11 is 1.69. The molecule has 1 aromatic heterocycles. The highest BCUT2D eigenvalue weighted by Crippen LogP contribution is 2.29.